The van der Waals surface area contributed by atoms with Gasteiger partial charge in [0.2, 0.25) is 17.7 Å². The van der Waals surface area contributed by atoms with Crippen LogP contribution in [0.15, 0.2) is 73.1 Å². The van der Waals surface area contributed by atoms with Crippen molar-refractivity contribution in [1.82, 2.24) is 25.5 Å². The SMILES string of the molecule is C[C@@H](N)C(=O)NCC(=O)NCCc1ccc(NC(=O)CN(Cc2ccccn2)Cc2ccccn2)cc1. The predicted molar refractivity (Wildman–Crippen MR) is 141 cm³/mol. The summed E-state index contributed by atoms with van der Waals surface area (Å²) >= 11 is 0. The lowest BCUT2D eigenvalue weighted by molar-refractivity contribution is -0.126. The number of amides is 3. The Balaban J connectivity index is 1.47. The van der Waals surface area contributed by atoms with Crippen LogP contribution in [0.5, 0.6) is 0 Å². The van der Waals surface area contributed by atoms with Gasteiger partial charge in [0.1, 0.15) is 0 Å². The highest BCUT2D eigenvalue weighted by molar-refractivity contribution is 5.92. The molecular formula is C27H33N7O3. The third-order valence-corrected chi connectivity index (χ3v) is 5.40. The van der Waals surface area contributed by atoms with Crippen LogP contribution in [0.25, 0.3) is 0 Å². The van der Waals surface area contributed by atoms with E-state index in [0.29, 0.717) is 31.7 Å². The fraction of sp³-hybridized carbons (Fsp3) is 0.296. The Kier molecular flexibility index (Phi) is 10.7. The molecule has 2 heterocycles. The van der Waals surface area contributed by atoms with Crippen molar-refractivity contribution in [2.75, 3.05) is 25.0 Å². The molecule has 5 N–H and O–H groups in total. The third-order valence-electron chi connectivity index (χ3n) is 5.40. The zero-order valence-electron chi connectivity index (χ0n) is 20.9. The Morgan fingerprint density at radius 2 is 1.49 bits per heavy atom. The van der Waals surface area contributed by atoms with Crippen LogP contribution in [0.2, 0.25) is 0 Å². The number of aromatic nitrogens is 2. The van der Waals surface area contributed by atoms with E-state index in [1.807, 2.05) is 65.6 Å². The molecule has 10 nitrogen and oxygen atoms in total. The summed E-state index contributed by atoms with van der Waals surface area (Å²) in [6.07, 6.45) is 4.09. The molecule has 0 bridgehead atoms. The summed E-state index contributed by atoms with van der Waals surface area (Å²) in [7, 11) is 0. The fourth-order valence-electron chi connectivity index (χ4n) is 3.50. The second-order valence-corrected chi connectivity index (χ2v) is 8.64. The van der Waals surface area contributed by atoms with Gasteiger partial charge >= 0.3 is 0 Å². The molecule has 37 heavy (non-hydrogen) atoms. The van der Waals surface area contributed by atoms with E-state index in [-0.39, 0.29) is 30.8 Å². The number of anilines is 1. The summed E-state index contributed by atoms with van der Waals surface area (Å²) in [4.78, 5) is 46.8. The summed E-state index contributed by atoms with van der Waals surface area (Å²) < 4.78 is 0. The van der Waals surface area contributed by atoms with Gasteiger partial charge < -0.3 is 21.7 Å². The molecule has 1 aromatic carbocycles. The molecule has 3 aromatic rings. The zero-order chi connectivity index (χ0) is 26.5. The van der Waals surface area contributed by atoms with Crippen molar-refractivity contribution in [2.45, 2.75) is 32.5 Å². The first kappa shape index (κ1) is 27.4. The molecule has 0 unspecified atom stereocenters. The summed E-state index contributed by atoms with van der Waals surface area (Å²) in [6.45, 7) is 3.09. The number of carbonyl (C=O) groups excluding carboxylic acids is 3. The average Bonchev–Trinajstić information content (AvgIpc) is 2.89. The van der Waals surface area contributed by atoms with Gasteiger partial charge in [-0.2, -0.15) is 0 Å². The Morgan fingerprint density at radius 1 is 0.865 bits per heavy atom. The topological polar surface area (TPSA) is 142 Å². The quantitative estimate of drug-likeness (QED) is 0.275. The van der Waals surface area contributed by atoms with Crippen molar-refractivity contribution in [3.8, 4) is 0 Å². The van der Waals surface area contributed by atoms with E-state index in [1.54, 1.807) is 19.3 Å². The summed E-state index contributed by atoms with van der Waals surface area (Å²) in [5, 5.41) is 8.16. The predicted octanol–water partition coefficient (Wildman–Crippen LogP) is 1.24. The monoisotopic (exact) mass is 503 g/mol. The first-order valence-corrected chi connectivity index (χ1v) is 12.1. The molecule has 0 spiro atoms. The van der Waals surface area contributed by atoms with Crippen LogP contribution >= 0.6 is 0 Å². The van der Waals surface area contributed by atoms with Gasteiger partial charge in [0, 0.05) is 37.7 Å². The highest BCUT2D eigenvalue weighted by atomic mass is 16.2. The van der Waals surface area contributed by atoms with Crippen molar-refractivity contribution >= 4 is 23.4 Å². The largest absolute Gasteiger partial charge is 0.354 e. The van der Waals surface area contributed by atoms with E-state index in [9.17, 15) is 14.4 Å². The van der Waals surface area contributed by atoms with E-state index in [2.05, 4.69) is 25.9 Å². The number of carbonyl (C=O) groups is 3. The number of hydrogen-bond acceptors (Lipinski definition) is 7. The molecule has 3 amide bonds. The first-order chi connectivity index (χ1) is 17.9. The maximum absolute atomic E-state index is 12.8. The molecule has 0 radical (unpaired) electrons. The molecule has 0 aliphatic carbocycles. The van der Waals surface area contributed by atoms with E-state index >= 15 is 0 Å². The standard InChI is InChI=1S/C27H33N7O3/c1-20(28)27(37)32-16-25(35)31-15-12-21-8-10-22(11-9-21)33-26(36)19-34(17-23-6-2-4-13-29-23)18-24-7-3-5-14-30-24/h2-11,13-14,20H,12,15-19,28H2,1H3,(H,31,35)(H,32,37)(H,33,36)/t20-/m1/s1. The van der Waals surface area contributed by atoms with E-state index in [4.69, 9.17) is 5.73 Å². The zero-order valence-corrected chi connectivity index (χ0v) is 20.9. The molecule has 0 aliphatic rings. The van der Waals surface area contributed by atoms with Gasteiger partial charge in [0.05, 0.1) is 30.5 Å². The summed E-state index contributed by atoms with van der Waals surface area (Å²) in [5.74, 6) is -0.788. The van der Waals surface area contributed by atoms with Crippen LogP contribution in [0, 0.1) is 0 Å². The van der Waals surface area contributed by atoms with Crippen LogP contribution in [0.4, 0.5) is 5.69 Å². The number of nitrogens with zero attached hydrogens (tertiary/aromatic N) is 3. The van der Waals surface area contributed by atoms with Crippen molar-refractivity contribution < 1.29 is 14.4 Å². The lowest BCUT2D eigenvalue weighted by Gasteiger charge is -2.21. The lowest BCUT2D eigenvalue weighted by atomic mass is 10.1. The van der Waals surface area contributed by atoms with E-state index in [0.717, 1.165) is 17.0 Å². The van der Waals surface area contributed by atoms with Gasteiger partial charge in [-0.15, -0.1) is 0 Å². The normalized spacial score (nSPS) is 11.5. The third kappa shape index (κ3) is 10.2. The van der Waals surface area contributed by atoms with Gasteiger partial charge in [0.25, 0.3) is 0 Å². The minimum atomic E-state index is -0.656. The molecular weight excluding hydrogens is 470 g/mol. The number of benzene rings is 1. The van der Waals surface area contributed by atoms with E-state index in [1.165, 1.54) is 0 Å². The molecule has 10 heteroatoms. The van der Waals surface area contributed by atoms with Gasteiger partial charge in [0.15, 0.2) is 0 Å². The summed E-state index contributed by atoms with van der Waals surface area (Å²) in [5.41, 5.74) is 8.89. The minimum absolute atomic E-state index is 0.108. The van der Waals surface area contributed by atoms with Crippen molar-refractivity contribution in [3.63, 3.8) is 0 Å². The molecule has 1 atom stereocenters. The smallest absolute Gasteiger partial charge is 0.239 e. The maximum atomic E-state index is 12.8. The maximum Gasteiger partial charge on any atom is 0.239 e. The van der Waals surface area contributed by atoms with Gasteiger partial charge in [-0.05, 0) is 55.3 Å². The number of nitrogens with two attached hydrogens (primary N) is 1. The van der Waals surface area contributed by atoms with Crippen LogP contribution in [0.1, 0.15) is 23.9 Å². The molecule has 0 saturated carbocycles. The minimum Gasteiger partial charge on any atom is -0.354 e. The van der Waals surface area contributed by atoms with Crippen molar-refractivity contribution in [1.29, 1.82) is 0 Å². The molecule has 0 saturated heterocycles. The van der Waals surface area contributed by atoms with E-state index < -0.39 is 6.04 Å². The lowest BCUT2D eigenvalue weighted by Crippen LogP contribution is -2.43. The fourth-order valence-corrected chi connectivity index (χ4v) is 3.50. The first-order valence-electron chi connectivity index (χ1n) is 12.1. The number of pyridine rings is 2. The number of nitrogens with one attached hydrogen (secondary N) is 3. The van der Waals surface area contributed by atoms with Gasteiger partial charge in [-0.25, -0.2) is 0 Å². The molecule has 2 aromatic heterocycles. The molecule has 194 valence electrons. The highest BCUT2D eigenvalue weighted by Crippen LogP contribution is 2.11. The number of hydrogen-bond donors (Lipinski definition) is 4. The molecule has 3 rings (SSSR count). The highest BCUT2D eigenvalue weighted by Gasteiger charge is 2.14. The second-order valence-electron chi connectivity index (χ2n) is 8.64. The Bertz CT molecular complexity index is 1100. The van der Waals surface area contributed by atoms with Crippen LogP contribution < -0.4 is 21.7 Å². The average molecular weight is 504 g/mol. The Labute approximate surface area is 216 Å². The number of rotatable bonds is 13. The Hall–Kier alpha value is -4.15. The molecule has 0 fully saturated rings. The van der Waals surface area contributed by atoms with Crippen LogP contribution in [-0.4, -0.2) is 58.3 Å². The van der Waals surface area contributed by atoms with Crippen LogP contribution in [-0.2, 0) is 33.9 Å². The van der Waals surface area contributed by atoms with Crippen molar-refractivity contribution in [2.24, 2.45) is 5.73 Å². The second kappa shape index (κ2) is 14.4. The van der Waals surface area contributed by atoms with Crippen LogP contribution in [0.3, 0.4) is 0 Å². The van der Waals surface area contributed by atoms with Gasteiger partial charge in [-0.3, -0.25) is 29.3 Å². The molecule has 0 aliphatic heterocycles. The summed E-state index contributed by atoms with van der Waals surface area (Å²) in [6, 6.07) is 18.3. The Morgan fingerprint density at radius 3 is 2.03 bits per heavy atom. The van der Waals surface area contributed by atoms with Crippen molar-refractivity contribution in [3.05, 3.63) is 90.0 Å². The van der Waals surface area contributed by atoms with Gasteiger partial charge in [-0.1, -0.05) is 24.3 Å².